The van der Waals surface area contributed by atoms with E-state index in [-0.39, 0.29) is 6.04 Å². The molecular weight excluding hydrogens is 250 g/mol. The molecule has 0 bridgehead atoms. The Balaban J connectivity index is 1.68. The molecule has 1 unspecified atom stereocenters. The number of hydrogen-bond acceptors (Lipinski definition) is 4. The third-order valence-corrected chi connectivity index (χ3v) is 3.88. The van der Waals surface area contributed by atoms with Gasteiger partial charge >= 0.3 is 0 Å². The van der Waals surface area contributed by atoms with Crippen molar-refractivity contribution in [2.75, 3.05) is 18.0 Å². The first-order valence-corrected chi connectivity index (χ1v) is 7.26. The maximum absolute atomic E-state index is 4.19. The molecule has 1 atom stereocenters. The quantitative estimate of drug-likeness (QED) is 0.876. The van der Waals surface area contributed by atoms with E-state index < -0.39 is 0 Å². The van der Waals surface area contributed by atoms with Gasteiger partial charge < -0.3 is 10.2 Å². The molecule has 1 aromatic heterocycles. The lowest BCUT2D eigenvalue weighted by atomic mass is 10.1. The molecule has 1 saturated heterocycles. The second-order valence-corrected chi connectivity index (χ2v) is 5.30. The summed E-state index contributed by atoms with van der Waals surface area (Å²) >= 11 is 0. The molecule has 1 fully saturated rings. The van der Waals surface area contributed by atoms with E-state index in [1.807, 2.05) is 0 Å². The summed E-state index contributed by atoms with van der Waals surface area (Å²) in [7, 11) is 0. The molecule has 0 spiro atoms. The number of nitrogens with one attached hydrogen (secondary N) is 2. The maximum atomic E-state index is 4.19. The van der Waals surface area contributed by atoms with Gasteiger partial charge in [-0.2, -0.15) is 5.10 Å². The van der Waals surface area contributed by atoms with E-state index in [4.69, 9.17) is 0 Å². The topological polar surface area (TPSA) is 56.8 Å². The Hall–Kier alpha value is -1.88. The number of H-pyrrole nitrogens is 1. The zero-order chi connectivity index (χ0) is 13.8. The van der Waals surface area contributed by atoms with Gasteiger partial charge in [-0.25, -0.2) is 4.98 Å². The van der Waals surface area contributed by atoms with Gasteiger partial charge in [0.2, 0.25) is 0 Å². The Labute approximate surface area is 119 Å². The molecule has 2 aromatic rings. The zero-order valence-corrected chi connectivity index (χ0v) is 11.8. The highest BCUT2D eigenvalue weighted by atomic mass is 15.2. The number of benzene rings is 1. The number of aromatic nitrogens is 3. The van der Waals surface area contributed by atoms with Crippen LogP contribution in [0, 0.1) is 0 Å². The van der Waals surface area contributed by atoms with Crippen LogP contribution in [-0.4, -0.2) is 28.3 Å². The van der Waals surface area contributed by atoms with Crippen LogP contribution in [0.15, 0.2) is 30.6 Å². The summed E-state index contributed by atoms with van der Waals surface area (Å²) in [6.45, 7) is 5.29. The van der Waals surface area contributed by atoms with Gasteiger partial charge in [0.05, 0.1) is 6.04 Å². The van der Waals surface area contributed by atoms with Crippen molar-refractivity contribution < 1.29 is 0 Å². The van der Waals surface area contributed by atoms with Crippen molar-refractivity contribution in [3.05, 3.63) is 42.0 Å². The Kier molecular flexibility index (Phi) is 3.97. The van der Waals surface area contributed by atoms with E-state index in [1.54, 1.807) is 6.33 Å². The van der Waals surface area contributed by atoms with Crippen LogP contribution in [0.4, 0.5) is 5.69 Å². The molecule has 5 nitrogen and oxygen atoms in total. The Morgan fingerprint density at radius 1 is 1.30 bits per heavy atom. The fraction of sp³-hybridized carbons (Fsp3) is 0.467. The van der Waals surface area contributed by atoms with E-state index in [9.17, 15) is 0 Å². The van der Waals surface area contributed by atoms with Crippen molar-refractivity contribution in [3.8, 4) is 0 Å². The fourth-order valence-corrected chi connectivity index (χ4v) is 2.71. The van der Waals surface area contributed by atoms with Crippen molar-refractivity contribution in [3.63, 3.8) is 0 Å². The molecule has 1 aromatic carbocycles. The van der Waals surface area contributed by atoms with Gasteiger partial charge in [0, 0.05) is 25.3 Å². The third kappa shape index (κ3) is 2.82. The second-order valence-electron chi connectivity index (χ2n) is 5.30. The smallest absolute Gasteiger partial charge is 0.141 e. The first kappa shape index (κ1) is 13.1. The number of para-hydroxylation sites is 1. The van der Waals surface area contributed by atoms with Crippen LogP contribution in [0.3, 0.4) is 0 Å². The number of aromatic amines is 1. The largest absolute Gasteiger partial charge is 0.371 e. The van der Waals surface area contributed by atoms with Gasteiger partial charge in [-0.15, -0.1) is 0 Å². The molecule has 5 heteroatoms. The average molecular weight is 271 g/mol. The number of nitrogens with zero attached hydrogens (tertiary/aromatic N) is 3. The molecule has 2 heterocycles. The standard InChI is InChI=1S/C15H21N5/c1-12(15-17-11-18-19-15)16-10-13-6-2-3-7-14(13)20-8-4-5-9-20/h2-3,6-7,11-12,16H,4-5,8-10H2,1H3,(H,17,18,19). The molecule has 0 aliphatic carbocycles. The van der Waals surface area contributed by atoms with Crippen LogP contribution < -0.4 is 10.2 Å². The minimum atomic E-state index is 0.170. The van der Waals surface area contributed by atoms with Crippen LogP contribution in [0.2, 0.25) is 0 Å². The molecule has 2 N–H and O–H groups in total. The van der Waals surface area contributed by atoms with Gasteiger partial charge in [-0.05, 0) is 31.4 Å². The molecule has 3 rings (SSSR count). The van der Waals surface area contributed by atoms with Crippen LogP contribution in [-0.2, 0) is 6.54 Å². The molecule has 0 saturated carbocycles. The minimum Gasteiger partial charge on any atom is -0.371 e. The molecule has 0 radical (unpaired) electrons. The lowest BCUT2D eigenvalue weighted by molar-refractivity contribution is 0.548. The van der Waals surface area contributed by atoms with Gasteiger partial charge in [0.15, 0.2) is 0 Å². The van der Waals surface area contributed by atoms with Crippen molar-refractivity contribution in [2.45, 2.75) is 32.4 Å². The first-order chi connectivity index (χ1) is 9.84. The summed E-state index contributed by atoms with van der Waals surface area (Å²) in [4.78, 5) is 6.67. The summed E-state index contributed by atoms with van der Waals surface area (Å²) in [6, 6.07) is 8.83. The summed E-state index contributed by atoms with van der Waals surface area (Å²) < 4.78 is 0. The normalized spacial score (nSPS) is 16.6. The van der Waals surface area contributed by atoms with Crippen LogP contribution in [0.1, 0.15) is 37.2 Å². The van der Waals surface area contributed by atoms with E-state index in [1.165, 1.54) is 37.2 Å². The summed E-state index contributed by atoms with van der Waals surface area (Å²) in [5.41, 5.74) is 2.71. The number of rotatable bonds is 5. The average Bonchev–Trinajstić information content (AvgIpc) is 3.17. The Morgan fingerprint density at radius 2 is 2.10 bits per heavy atom. The van der Waals surface area contributed by atoms with Gasteiger partial charge in [-0.1, -0.05) is 18.2 Å². The lowest BCUT2D eigenvalue weighted by Crippen LogP contribution is -2.23. The molecule has 0 amide bonds. The highest BCUT2D eigenvalue weighted by molar-refractivity contribution is 5.54. The summed E-state index contributed by atoms with van der Waals surface area (Å²) in [5, 5.41) is 10.3. The predicted molar refractivity (Wildman–Crippen MR) is 79.5 cm³/mol. The van der Waals surface area contributed by atoms with E-state index in [0.717, 1.165) is 12.4 Å². The Bertz CT molecular complexity index is 531. The van der Waals surface area contributed by atoms with Crippen molar-refractivity contribution in [2.24, 2.45) is 0 Å². The zero-order valence-electron chi connectivity index (χ0n) is 11.8. The third-order valence-electron chi connectivity index (χ3n) is 3.88. The van der Waals surface area contributed by atoms with E-state index in [0.29, 0.717) is 0 Å². The van der Waals surface area contributed by atoms with Crippen molar-refractivity contribution in [1.29, 1.82) is 0 Å². The van der Waals surface area contributed by atoms with Crippen LogP contribution >= 0.6 is 0 Å². The number of hydrogen-bond donors (Lipinski definition) is 2. The van der Waals surface area contributed by atoms with Crippen LogP contribution in [0.5, 0.6) is 0 Å². The highest BCUT2D eigenvalue weighted by Gasteiger charge is 2.16. The lowest BCUT2D eigenvalue weighted by Gasteiger charge is -2.22. The van der Waals surface area contributed by atoms with Gasteiger partial charge in [0.1, 0.15) is 12.2 Å². The van der Waals surface area contributed by atoms with Gasteiger partial charge in [-0.3, -0.25) is 5.10 Å². The van der Waals surface area contributed by atoms with E-state index in [2.05, 4.69) is 56.6 Å². The van der Waals surface area contributed by atoms with Crippen LogP contribution in [0.25, 0.3) is 0 Å². The minimum absolute atomic E-state index is 0.170. The maximum Gasteiger partial charge on any atom is 0.141 e. The van der Waals surface area contributed by atoms with Gasteiger partial charge in [0.25, 0.3) is 0 Å². The monoisotopic (exact) mass is 271 g/mol. The number of anilines is 1. The predicted octanol–water partition coefficient (Wildman–Crippen LogP) is 2.26. The molecule has 1 aliphatic rings. The van der Waals surface area contributed by atoms with Crippen molar-refractivity contribution >= 4 is 5.69 Å². The second kappa shape index (κ2) is 6.05. The highest BCUT2D eigenvalue weighted by Crippen LogP contribution is 2.24. The van der Waals surface area contributed by atoms with E-state index >= 15 is 0 Å². The summed E-state index contributed by atoms with van der Waals surface area (Å²) in [6.07, 6.45) is 4.15. The van der Waals surface area contributed by atoms with Crippen molar-refractivity contribution in [1.82, 2.24) is 20.5 Å². The SMILES string of the molecule is CC(NCc1ccccc1N1CCCC1)c1ncn[nH]1. The molecular formula is C15H21N5. The summed E-state index contributed by atoms with van der Waals surface area (Å²) in [5.74, 6) is 0.878. The first-order valence-electron chi connectivity index (χ1n) is 7.26. The molecule has 20 heavy (non-hydrogen) atoms. The molecule has 106 valence electrons. The fourth-order valence-electron chi connectivity index (χ4n) is 2.71. The Morgan fingerprint density at radius 3 is 2.85 bits per heavy atom. The molecule has 1 aliphatic heterocycles.